The summed E-state index contributed by atoms with van der Waals surface area (Å²) in [4.78, 5) is 8.44. The molecule has 0 saturated heterocycles. The average Bonchev–Trinajstić information content (AvgIpc) is 2.73. The quantitative estimate of drug-likeness (QED) is 0.879. The van der Waals surface area contributed by atoms with Gasteiger partial charge in [-0.1, -0.05) is 0 Å². The van der Waals surface area contributed by atoms with Crippen molar-refractivity contribution in [3.05, 3.63) is 40.0 Å². The molecule has 0 aliphatic rings. The summed E-state index contributed by atoms with van der Waals surface area (Å²) >= 11 is 1.61. The number of aryl methyl sites for hydroxylation is 1. The number of anilines is 1. The van der Waals surface area contributed by atoms with Crippen molar-refractivity contribution in [1.29, 1.82) is 5.26 Å². The van der Waals surface area contributed by atoms with Crippen molar-refractivity contribution in [1.82, 2.24) is 9.97 Å². The van der Waals surface area contributed by atoms with Gasteiger partial charge < -0.3 is 5.32 Å². The van der Waals surface area contributed by atoms with Gasteiger partial charge in [0.2, 0.25) is 0 Å². The Morgan fingerprint density at radius 2 is 2.44 bits per heavy atom. The van der Waals surface area contributed by atoms with E-state index in [2.05, 4.69) is 21.4 Å². The van der Waals surface area contributed by atoms with E-state index >= 15 is 0 Å². The van der Waals surface area contributed by atoms with Crippen LogP contribution in [0.15, 0.2) is 23.7 Å². The zero-order valence-electron chi connectivity index (χ0n) is 8.77. The summed E-state index contributed by atoms with van der Waals surface area (Å²) in [6.45, 7) is 2.56. The van der Waals surface area contributed by atoms with E-state index in [1.165, 1.54) is 0 Å². The molecule has 0 aromatic carbocycles. The first-order chi connectivity index (χ1) is 7.79. The van der Waals surface area contributed by atoms with Crippen LogP contribution in [-0.4, -0.2) is 9.97 Å². The molecule has 0 atom stereocenters. The maximum Gasteiger partial charge on any atom is 0.144 e. The molecular formula is C11H10N4S. The molecule has 0 amide bonds. The third-order valence-electron chi connectivity index (χ3n) is 2.03. The zero-order valence-corrected chi connectivity index (χ0v) is 9.58. The van der Waals surface area contributed by atoms with Crippen molar-refractivity contribution in [3.63, 3.8) is 0 Å². The summed E-state index contributed by atoms with van der Waals surface area (Å²) in [6.07, 6.45) is 1.66. The summed E-state index contributed by atoms with van der Waals surface area (Å²) in [6, 6.07) is 5.58. The Hall–Kier alpha value is -1.93. The predicted molar refractivity (Wildman–Crippen MR) is 63.1 cm³/mol. The second-order valence-electron chi connectivity index (χ2n) is 3.22. The number of pyridine rings is 1. The Labute approximate surface area is 97.6 Å². The van der Waals surface area contributed by atoms with Crippen molar-refractivity contribution in [2.24, 2.45) is 0 Å². The third kappa shape index (κ3) is 2.35. The van der Waals surface area contributed by atoms with Crippen LogP contribution in [0.25, 0.3) is 0 Å². The summed E-state index contributed by atoms with van der Waals surface area (Å²) in [5, 5.41) is 15.0. The smallest absolute Gasteiger partial charge is 0.144 e. The fourth-order valence-corrected chi connectivity index (χ4v) is 1.91. The first kappa shape index (κ1) is 10.6. The maximum atomic E-state index is 8.88. The summed E-state index contributed by atoms with van der Waals surface area (Å²) in [5.41, 5.74) is 1.52. The highest BCUT2D eigenvalue weighted by atomic mass is 32.1. The molecule has 2 rings (SSSR count). The lowest BCUT2D eigenvalue weighted by molar-refractivity contribution is 1.04. The normalized spacial score (nSPS) is 9.75. The molecule has 0 saturated carbocycles. The molecule has 2 aromatic rings. The Morgan fingerprint density at radius 3 is 3.12 bits per heavy atom. The molecule has 5 heteroatoms. The number of rotatable bonds is 3. The minimum Gasteiger partial charge on any atom is -0.363 e. The van der Waals surface area contributed by atoms with Gasteiger partial charge in [0, 0.05) is 11.6 Å². The van der Waals surface area contributed by atoms with E-state index in [-0.39, 0.29) is 0 Å². The molecule has 0 aliphatic carbocycles. The van der Waals surface area contributed by atoms with Crippen LogP contribution >= 0.6 is 11.3 Å². The lowest BCUT2D eigenvalue weighted by Gasteiger charge is -2.04. The Morgan fingerprint density at radius 1 is 1.56 bits per heavy atom. The number of nitrogens with zero attached hydrogens (tertiary/aromatic N) is 3. The number of hydrogen-bond acceptors (Lipinski definition) is 5. The Bertz CT molecular complexity index is 527. The molecule has 1 N–H and O–H groups in total. The Kier molecular flexibility index (Phi) is 3.13. The molecule has 0 fully saturated rings. The van der Waals surface area contributed by atoms with E-state index in [0.717, 1.165) is 10.7 Å². The van der Waals surface area contributed by atoms with E-state index < -0.39 is 0 Å². The molecule has 0 spiro atoms. The minimum atomic E-state index is 0.550. The van der Waals surface area contributed by atoms with Gasteiger partial charge in [0.1, 0.15) is 11.9 Å². The fourth-order valence-electron chi connectivity index (χ4n) is 1.30. The molecule has 16 heavy (non-hydrogen) atoms. The molecule has 0 bridgehead atoms. The number of nitriles is 1. The fraction of sp³-hybridized carbons (Fsp3) is 0.182. The van der Waals surface area contributed by atoms with Gasteiger partial charge in [0.25, 0.3) is 0 Å². The average molecular weight is 230 g/mol. The van der Waals surface area contributed by atoms with Crippen molar-refractivity contribution in [3.8, 4) is 6.07 Å². The minimum absolute atomic E-state index is 0.550. The first-order valence-corrected chi connectivity index (χ1v) is 5.67. The van der Waals surface area contributed by atoms with Crippen LogP contribution < -0.4 is 5.32 Å². The van der Waals surface area contributed by atoms with Gasteiger partial charge in [0.05, 0.1) is 22.8 Å². The summed E-state index contributed by atoms with van der Waals surface area (Å²) in [7, 11) is 0. The second-order valence-corrected chi connectivity index (χ2v) is 4.29. The molecule has 80 valence electrons. The molecular weight excluding hydrogens is 220 g/mol. The summed E-state index contributed by atoms with van der Waals surface area (Å²) < 4.78 is 0. The molecule has 0 aliphatic heterocycles. The number of thiazole rings is 1. The van der Waals surface area contributed by atoms with Crippen molar-refractivity contribution in [2.45, 2.75) is 13.5 Å². The highest BCUT2D eigenvalue weighted by Gasteiger charge is 2.03. The predicted octanol–water partition coefficient (Wildman–Crippen LogP) is 2.33. The van der Waals surface area contributed by atoms with Gasteiger partial charge >= 0.3 is 0 Å². The van der Waals surface area contributed by atoms with Crippen molar-refractivity contribution in [2.75, 3.05) is 5.32 Å². The van der Waals surface area contributed by atoms with Gasteiger partial charge in [-0.15, -0.1) is 11.3 Å². The van der Waals surface area contributed by atoms with Crippen LogP contribution in [0.3, 0.4) is 0 Å². The van der Waals surface area contributed by atoms with Crippen LogP contribution in [0, 0.1) is 18.3 Å². The molecule has 2 aromatic heterocycles. The second kappa shape index (κ2) is 4.73. The van der Waals surface area contributed by atoms with Gasteiger partial charge in [0.15, 0.2) is 0 Å². The van der Waals surface area contributed by atoms with E-state index in [9.17, 15) is 0 Å². The van der Waals surface area contributed by atoms with Crippen LogP contribution in [0.1, 0.15) is 16.3 Å². The lowest BCUT2D eigenvalue weighted by Crippen LogP contribution is -2.03. The molecule has 2 heterocycles. The standard InChI is InChI=1S/C11H10N4S/c1-8-15-10(7-16-8)6-14-11-9(5-12)3-2-4-13-11/h2-4,7H,6H2,1H3,(H,13,14). The van der Waals surface area contributed by atoms with Crippen LogP contribution in [0.5, 0.6) is 0 Å². The first-order valence-electron chi connectivity index (χ1n) is 4.79. The summed E-state index contributed by atoms with van der Waals surface area (Å²) in [5.74, 6) is 0.607. The zero-order chi connectivity index (χ0) is 11.4. The SMILES string of the molecule is Cc1nc(CNc2ncccc2C#N)cs1. The van der Waals surface area contributed by atoms with E-state index in [4.69, 9.17) is 5.26 Å². The monoisotopic (exact) mass is 230 g/mol. The van der Waals surface area contributed by atoms with Crippen LogP contribution in [-0.2, 0) is 6.54 Å². The molecule has 4 nitrogen and oxygen atoms in total. The number of nitrogens with one attached hydrogen (secondary N) is 1. The number of aromatic nitrogens is 2. The topological polar surface area (TPSA) is 61.6 Å². The third-order valence-corrected chi connectivity index (χ3v) is 2.85. The lowest BCUT2D eigenvalue weighted by atomic mass is 10.3. The van der Waals surface area contributed by atoms with Gasteiger partial charge in [-0.25, -0.2) is 9.97 Å². The maximum absolute atomic E-state index is 8.88. The molecule has 0 radical (unpaired) electrons. The molecule has 0 unspecified atom stereocenters. The van der Waals surface area contributed by atoms with E-state index in [1.54, 1.807) is 29.7 Å². The van der Waals surface area contributed by atoms with E-state index in [0.29, 0.717) is 17.9 Å². The Balaban J connectivity index is 2.08. The van der Waals surface area contributed by atoms with E-state index in [1.807, 2.05) is 12.3 Å². The van der Waals surface area contributed by atoms with Gasteiger partial charge in [-0.3, -0.25) is 0 Å². The van der Waals surface area contributed by atoms with Crippen LogP contribution in [0.4, 0.5) is 5.82 Å². The van der Waals surface area contributed by atoms with Crippen molar-refractivity contribution < 1.29 is 0 Å². The van der Waals surface area contributed by atoms with Crippen LogP contribution in [0.2, 0.25) is 0 Å². The van der Waals surface area contributed by atoms with Crippen molar-refractivity contribution >= 4 is 17.2 Å². The highest BCUT2D eigenvalue weighted by Crippen LogP contribution is 2.13. The van der Waals surface area contributed by atoms with Gasteiger partial charge in [-0.05, 0) is 19.1 Å². The highest BCUT2D eigenvalue weighted by molar-refractivity contribution is 7.09. The number of hydrogen-bond donors (Lipinski definition) is 1. The largest absolute Gasteiger partial charge is 0.363 e. The van der Waals surface area contributed by atoms with Gasteiger partial charge in [-0.2, -0.15) is 5.26 Å².